The van der Waals surface area contributed by atoms with Gasteiger partial charge in [0, 0.05) is 30.4 Å². The number of hydrazine groups is 1. The number of nitrogens with zero attached hydrogens (tertiary/aromatic N) is 2. The first-order valence-corrected chi connectivity index (χ1v) is 10.3. The lowest BCUT2D eigenvalue weighted by molar-refractivity contribution is -0.178. The normalized spacial score (nSPS) is 32.1. The molecule has 3 fully saturated rings. The first-order valence-electron chi connectivity index (χ1n) is 10.3. The minimum Gasteiger partial charge on any atom is -0.477 e. The molecule has 0 spiro atoms. The molecule has 29 heavy (non-hydrogen) atoms. The van der Waals surface area contributed by atoms with Crippen LogP contribution in [0.4, 0.5) is 13.2 Å². The summed E-state index contributed by atoms with van der Waals surface area (Å²) in [5, 5.41) is 0. The van der Waals surface area contributed by atoms with Crippen molar-refractivity contribution in [3.8, 4) is 5.88 Å². The number of alkyl halides is 3. The zero-order valence-corrected chi connectivity index (χ0v) is 16.4. The predicted molar refractivity (Wildman–Crippen MR) is 100 cm³/mol. The summed E-state index contributed by atoms with van der Waals surface area (Å²) in [4.78, 5) is 18.3. The van der Waals surface area contributed by atoms with Crippen LogP contribution in [-0.2, 0) is 4.79 Å². The molecule has 2 aliphatic heterocycles. The Labute approximate surface area is 168 Å². The molecule has 5 unspecified atom stereocenters. The van der Waals surface area contributed by atoms with Crippen molar-refractivity contribution in [1.82, 2.24) is 20.7 Å². The van der Waals surface area contributed by atoms with E-state index in [1.54, 1.807) is 6.20 Å². The Hall–Kier alpha value is -1.87. The van der Waals surface area contributed by atoms with E-state index in [1.165, 1.54) is 0 Å². The largest absolute Gasteiger partial charge is 0.477 e. The summed E-state index contributed by atoms with van der Waals surface area (Å²) in [5.74, 6) is -0.257. The lowest BCUT2D eigenvalue weighted by atomic mass is 9.67. The van der Waals surface area contributed by atoms with Crippen LogP contribution in [-0.4, -0.2) is 53.7 Å². The van der Waals surface area contributed by atoms with Gasteiger partial charge in [-0.25, -0.2) is 4.98 Å². The number of ether oxygens (including phenoxy) is 1. The number of carbonyl (C=O) groups excluding carboxylic acids is 1. The molecule has 4 rings (SSSR count). The second-order valence-electron chi connectivity index (χ2n) is 8.23. The highest BCUT2D eigenvalue weighted by molar-refractivity contribution is 5.82. The van der Waals surface area contributed by atoms with Crippen LogP contribution in [0.1, 0.15) is 44.1 Å². The molecule has 2 N–H and O–H groups in total. The molecule has 5 atom stereocenters. The van der Waals surface area contributed by atoms with Crippen molar-refractivity contribution in [2.45, 2.75) is 56.8 Å². The quantitative estimate of drug-likeness (QED) is 0.778. The van der Waals surface area contributed by atoms with Crippen molar-refractivity contribution in [2.24, 2.45) is 11.8 Å². The van der Waals surface area contributed by atoms with Crippen molar-refractivity contribution in [3.05, 3.63) is 23.9 Å². The third-order valence-electron chi connectivity index (χ3n) is 6.39. The van der Waals surface area contributed by atoms with E-state index in [9.17, 15) is 18.0 Å². The van der Waals surface area contributed by atoms with Gasteiger partial charge in [-0.05, 0) is 43.6 Å². The van der Waals surface area contributed by atoms with Gasteiger partial charge in [-0.3, -0.25) is 15.6 Å². The minimum atomic E-state index is -4.41. The van der Waals surface area contributed by atoms with E-state index in [4.69, 9.17) is 4.74 Å². The topological polar surface area (TPSA) is 66.5 Å². The Balaban J connectivity index is 1.61. The first kappa shape index (κ1) is 20.4. The fourth-order valence-electron chi connectivity index (χ4n) is 5.19. The molecule has 0 radical (unpaired) electrons. The number of aromatic nitrogens is 1. The van der Waals surface area contributed by atoms with Gasteiger partial charge >= 0.3 is 6.18 Å². The fourth-order valence-corrected chi connectivity index (χ4v) is 5.19. The number of carbonyl (C=O) groups is 1. The van der Waals surface area contributed by atoms with Crippen LogP contribution < -0.4 is 15.6 Å². The van der Waals surface area contributed by atoms with E-state index >= 15 is 0 Å². The van der Waals surface area contributed by atoms with Gasteiger partial charge in [0.1, 0.15) is 6.54 Å². The van der Waals surface area contributed by atoms with Gasteiger partial charge in [0.15, 0.2) is 0 Å². The molecule has 1 saturated carbocycles. The molecule has 160 valence electrons. The number of likely N-dealkylation sites (tertiary alicyclic amines) is 1. The number of fused-ring (bicyclic) bond motifs is 3. The lowest BCUT2D eigenvalue weighted by Crippen LogP contribution is -2.63. The van der Waals surface area contributed by atoms with Crippen molar-refractivity contribution < 1.29 is 22.7 Å². The number of nitrogens with one attached hydrogen (secondary N) is 2. The Morgan fingerprint density at radius 1 is 1.34 bits per heavy atom. The van der Waals surface area contributed by atoms with Crippen LogP contribution in [0.15, 0.2) is 18.3 Å². The highest BCUT2D eigenvalue weighted by atomic mass is 19.4. The van der Waals surface area contributed by atoms with Crippen LogP contribution in [0.2, 0.25) is 0 Å². The molecule has 3 heterocycles. The van der Waals surface area contributed by atoms with Crippen molar-refractivity contribution in [3.63, 3.8) is 0 Å². The van der Waals surface area contributed by atoms with Gasteiger partial charge in [0.05, 0.1) is 12.5 Å². The van der Waals surface area contributed by atoms with Crippen LogP contribution in [0.5, 0.6) is 5.88 Å². The summed E-state index contributed by atoms with van der Waals surface area (Å²) < 4.78 is 45.6. The average molecular weight is 412 g/mol. The maximum atomic E-state index is 13.3. The Morgan fingerprint density at radius 2 is 2.17 bits per heavy atom. The van der Waals surface area contributed by atoms with E-state index in [0.717, 1.165) is 29.7 Å². The van der Waals surface area contributed by atoms with Gasteiger partial charge in [-0.2, -0.15) is 13.2 Å². The summed E-state index contributed by atoms with van der Waals surface area (Å²) in [6, 6.07) is 3.22. The monoisotopic (exact) mass is 412 g/mol. The zero-order chi connectivity index (χ0) is 20.6. The summed E-state index contributed by atoms with van der Waals surface area (Å²) in [5.41, 5.74) is 7.06. The van der Waals surface area contributed by atoms with Crippen LogP contribution >= 0.6 is 0 Å². The van der Waals surface area contributed by atoms with Crippen molar-refractivity contribution >= 4 is 5.91 Å². The molecule has 0 bridgehead atoms. The Morgan fingerprint density at radius 3 is 2.93 bits per heavy atom. The molecule has 1 amide bonds. The van der Waals surface area contributed by atoms with Crippen LogP contribution in [0.3, 0.4) is 0 Å². The molecular weight excluding hydrogens is 385 g/mol. The zero-order valence-electron chi connectivity index (χ0n) is 16.4. The maximum absolute atomic E-state index is 13.3. The number of piperidine rings is 1. The van der Waals surface area contributed by atoms with Gasteiger partial charge < -0.3 is 9.64 Å². The molecule has 1 aliphatic carbocycles. The van der Waals surface area contributed by atoms with Crippen molar-refractivity contribution in [2.75, 3.05) is 19.7 Å². The molecular formula is C20H27F3N4O2. The van der Waals surface area contributed by atoms with E-state index in [-0.39, 0.29) is 17.9 Å². The number of hydrogen-bond donors (Lipinski definition) is 2. The minimum absolute atomic E-state index is 0.00276. The highest BCUT2D eigenvalue weighted by Crippen LogP contribution is 2.46. The highest BCUT2D eigenvalue weighted by Gasteiger charge is 2.54. The van der Waals surface area contributed by atoms with E-state index < -0.39 is 30.6 Å². The SMILES string of the molecule is CCCOc1ncccc1C1CCC2C3NNCC3C(=O)N(CC(F)(F)F)C2C1. The molecule has 2 saturated heterocycles. The summed E-state index contributed by atoms with van der Waals surface area (Å²) in [6.07, 6.45) is 0.192. The second-order valence-corrected chi connectivity index (χ2v) is 8.23. The number of hydrogen-bond acceptors (Lipinski definition) is 5. The number of halogens is 3. The molecule has 9 heteroatoms. The second kappa shape index (κ2) is 8.10. The first-order chi connectivity index (χ1) is 13.9. The molecule has 6 nitrogen and oxygen atoms in total. The predicted octanol–water partition coefficient (Wildman–Crippen LogP) is 2.62. The Kier molecular flexibility index (Phi) is 5.70. The fraction of sp³-hybridized carbons (Fsp3) is 0.700. The molecule has 3 aliphatic rings. The number of rotatable bonds is 5. The average Bonchev–Trinajstić information content (AvgIpc) is 3.19. The smallest absolute Gasteiger partial charge is 0.406 e. The standard InChI is InChI=1S/C20H27F3N4O2/c1-2-8-29-18-13(4-3-7-24-18)12-5-6-14-16(9-12)27(11-20(21,22)23)19(28)15-10-25-26-17(14)15/h3-4,7,12,14-17,25-26H,2,5-6,8-11H2,1H3. The van der Waals surface area contributed by atoms with Gasteiger partial charge in [0.2, 0.25) is 11.8 Å². The van der Waals surface area contributed by atoms with E-state index in [0.29, 0.717) is 25.5 Å². The number of pyridine rings is 1. The molecule has 1 aromatic heterocycles. The number of amides is 1. The van der Waals surface area contributed by atoms with Crippen molar-refractivity contribution in [1.29, 1.82) is 0 Å². The molecule has 1 aromatic rings. The van der Waals surface area contributed by atoms with Gasteiger partial charge in [-0.1, -0.05) is 13.0 Å². The van der Waals surface area contributed by atoms with E-state index in [2.05, 4.69) is 15.8 Å². The third-order valence-corrected chi connectivity index (χ3v) is 6.39. The summed E-state index contributed by atoms with van der Waals surface area (Å²) in [6.45, 7) is 1.74. The lowest BCUT2D eigenvalue weighted by Gasteiger charge is -2.50. The van der Waals surface area contributed by atoms with Gasteiger partial charge in [-0.15, -0.1) is 0 Å². The molecule has 0 aromatic carbocycles. The summed E-state index contributed by atoms with van der Waals surface area (Å²) in [7, 11) is 0. The summed E-state index contributed by atoms with van der Waals surface area (Å²) >= 11 is 0. The van der Waals surface area contributed by atoms with E-state index in [1.807, 2.05) is 19.1 Å². The van der Waals surface area contributed by atoms with Crippen LogP contribution in [0, 0.1) is 11.8 Å². The van der Waals surface area contributed by atoms with Crippen LogP contribution in [0.25, 0.3) is 0 Å². The Bertz CT molecular complexity index is 745. The van der Waals surface area contributed by atoms with Gasteiger partial charge in [0.25, 0.3) is 0 Å². The maximum Gasteiger partial charge on any atom is 0.406 e. The third kappa shape index (κ3) is 4.07.